The van der Waals surface area contributed by atoms with Gasteiger partial charge >= 0.3 is 0 Å². The predicted molar refractivity (Wildman–Crippen MR) is 121 cm³/mol. The van der Waals surface area contributed by atoms with Crippen LogP contribution in [-0.2, 0) is 0 Å². The van der Waals surface area contributed by atoms with Crippen LogP contribution in [0.5, 0.6) is 0 Å². The van der Waals surface area contributed by atoms with Crippen LogP contribution in [0.3, 0.4) is 0 Å². The lowest BCUT2D eigenvalue weighted by Crippen LogP contribution is -2.45. The number of nitrogens with zero attached hydrogens (tertiary/aromatic N) is 1. The van der Waals surface area contributed by atoms with E-state index in [0.717, 1.165) is 30.4 Å². The van der Waals surface area contributed by atoms with Gasteiger partial charge in [0.15, 0.2) is 11.7 Å². The second-order valence-corrected chi connectivity index (χ2v) is 7.08. The molecule has 1 aromatic rings. The summed E-state index contributed by atoms with van der Waals surface area (Å²) in [6, 6.07) is 2.31. The summed E-state index contributed by atoms with van der Waals surface area (Å²) in [5, 5.41) is 9.80. The Morgan fingerprint density at radius 1 is 1.30 bits per heavy atom. The lowest BCUT2D eigenvalue weighted by molar-refractivity contribution is 0.0925. The second kappa shape index (κ2) is 13.0. The Labute approximate surface area is 180 Å². The summed E-state index contributed by atoms with van der Waals surface area (Å²) in [7, 11) is 0. The summed E-state index contributed by atoms with van der Waals surface area (Å²) in [5.74, 6) is 1.97. The Hall–Kier alpha value is -1.25. The summed E-state index contributed by atoms with van der Waals surface area (Å²) in [6.07, 6.45) is 8.71. The van der Waals surface area contributed by atoms with E-state index in [1.807, 2.05) is 6.92 Å². The van der Waals surface area contributed by atoms with E-state index in [1.54, 1.807) is 6.07 Å². The molecule has 154 valence electrons. The minimum Gasteiger partial charge on any atom is -0.459 e. The van der Waals surface area contributed by atoms with Gasteiger partial charge in [-0.15, -0.1) is 24.0 Å². The second-order valence-electron chi connectivity index (χ2n) is 7.08. The summed E-state index contributed by atoms with van der Waals surface area (Å²) in [6.45, 7) is 8.35. The van der Waals surface area contributed by atoms with Crippen LogP contribution in [-0.4, -0.2) is 37.5 Å². The molecule has 0 aromatic carbocycles. The van der Waals surface area contributed by atoms with Gasteiger partial charge in [-0.05, 0) is 45.1 Å². The number of aliphatic imine (C=N–C) groups is 1. The van der Waals surface area contributed by atoms with Crippen molar-refractivity contribution in [1.82, 2.24) is 16.0 Å². The van der Waals surface area contributed by atoms with Crippen LogP contribution in [0.15, 0.2) is 21.7 Å². The molecular weight excluding hydrogens is 455 g/mol. The largest absolute Gasteiger partial charge is 0.459 e. The van der Waals surface area contributed by atoms with Gasteiger partial charge in [0.25, 0.3) is 5.91 Å². The highest BCUT2D eigenvalue weighted by Gasteiger charge is 2.21. The average Bonchev–Trinajstić information content (AvgIpc) is 3.07. The molecule has 6 nitrogen and oxygen atoms in total. The molecule has 2 unspecified atom stereocenters. The number of hydrogen-bond donors (Lipinski definition) is 3. The molecule has 1 aliphatic carbocycles. The summed E-state index contributed by atoms with van der Waals surface area (Å²) >= 11 is 0. The maximum Gasteiger partial charge on any atom is 0.287 e. The van der Waals surface area contributed by atoms with E-state index >= 15 is 0 Å². The van der Waals surface area contributed by atoms with E-state index in [1.165, 1.54) is 38.4 Å². The first-order valence-electron chi connectivity index (χ1n) is 10.0. The molecule has 2 rings (SSSR count). The maximum atomic E-state index is 12.0. The van der Waals surface area contributed by atoms with Crippen molar-refractivity contribution in [1.29, 1.82) is 0 Å². The van der Waals surface area contributed by atoms with Gasteiger partial charge in [-0.2, -0.15) is 0 Å². The highest BCUT2D eigenvalue weighted by atomic mass is 127. The van der Waals surface area contributed by atoms with Crippen LogP contribution in [0.4, 0.5) is 0 Å². The molecule has 1 fully saturated rings. The SMILES string of the molecule is CCNC(=NCCCNC(=O)c1occc1C)NC1CCCC(CC)C1.I. The first-order chi connectivity index (χ1) is 12.6. The molecule has 7 heteroatoms. The molecule has 1 aromatic heterocycles. The minimum absolute atomic E-state index is 0. The van der Waals surface area contributed by atoms with E-state index in [2.05, 4.69) is 34.8 Å². The molecule has 1 heterocycles. The fourth-order valence-corrected chi connectivity index (χ4v) is 3.46. The number of hydrogen-bond acceptors (Lipinski definition) is 3. The first kappa shape index (κ1) is 23.8. The Balaban J connectivity index is 0.00000364. The summed E-state index contributed by atoms with van der Waals surface area (Å²) < 4.78 is 5.20. The average molecular weight is 490 g/mol. The number of rotatable bonds is 8. The third-order valence-electron chi connectivity index (χ3n) is 5.00. The number of amides is 1. The van der Waals surface area contributed by atoms with Gasteiger partial charge in [0.2, 0.25) is 0 Å². The third kappa shape index (κ3) is 8.11. The van der Waals surface area contributed by atoms with Crippen LogP contribution in [0, 0.1) is 12.8 Å². The number of guanidine groups is 1. The zero-order chi connectivity index (χ0) is 18.8. The Morgan fingerprint density at radius 3 is 2.78 bits per heavy atom. The summed E-state index contributed by atoms with van der Waals surface area (Å²) in [5.41, 5.74) is 0.858. The lowest BCUT2D eigenvalue weighted by atomic mass is 9.84. The van der Waals surface area contributed by atoms with Gasteiger partial charge < -0.3 is 20.4 Å². The molecule has 1 aliphatic rings. The molecule has 0 spiro atoms. The van der Waals surface area contributed by atoms with Crippen molar-refractivity contribution < 1.29 is 9.21 Å². The molecule has 27 heavy (non-hydrogen) atoms. The number of carbonyl (C=O) groups excluding carboxylic acids is 1. The van der Waals surface area contributed by atoms with Crippen molar-refractivity contribution in [2.75, 3.05) is 19.6 Å². The number of aryl methyl sites for hydroxylation is 1. The molecular formula is C20H35IN4O2. The van der Waals surface area contributed by atoms with E-state index in [9.17, 15) is 4.79 Å². The highest BCUT2D eigenvalue weighted by molar-refractivity contribution is 14.0. The molecule has 2 atom stereocenters. The van der Waals surface area contributed by atoms with Crippen molar-refractivity contribution in [2.24, 2.45) is 10.9 Å². The number of halogens is 1. The molecule has 0 bridgehead atoms. The number of carbonyl (C=O) groups is 1. The lowest BCUT2D eigenvalue weighted by Gasteiger charge is -2.30. The Kier molecular flexibility index (Phi) is 11.5. The van der Waals surface area contributed by atoms with Crippen LogP contribution in [0.1, 0.15) is 68.5 Å². The standard InChI is InChI=1S/C20H34N4O2.HI/c1-4-16-8-6-9-17(14-16)24-20(21-5-2)23-12-7-11-22-19(25)18-15(3)10-13-26-18;/h10,13,16-17H,4-9,11-12,14H2,1-3H3,(H,22,25)(H2,21,23,24);1H. The van der Waals surface area contributed by atoms with E-state index in [4.69, 9.17) is 4.42 Å². The minimum atomic E-state index is -0.158. The fraction of sp³-hybridized carbons (Fsp3) is 0.700. The molecule has 3 N–H and O–H groups in total. The highest BCUT2D eigenvalue weighted by Crippen LogP contribution is 2.26. The van der Waals surface area contributed by atoms with Gasteiger partial charge in [0.1, 0.15) is 0 Å². The Morgan fingerprint density at radius 2 is 2.11 bits per heavy atom. The molecule has 0 saturated heterocycles. The maximum absolute atomic E-state index is 12.0. The molecule has 1 saturated carbocycles. The molecule has 0 aliphatic heterocycles. The van der Waals surface area contributed by atoms with Gasteiger partial charge in [-0.1, -0.05) is 26.2 Å². The fourth-order valence-electron chi connectivity index (χ4n) is 3.46. The summed E-state index contributed by atoms with van der Waals surface area (Å²) in [4.78, 5) is 16.6. The molecule has 0 radical (unpaired) electrons. The van der Waals surface area contributed by atoms with Crippen molar-refractivity contribution in [2.45, 2.75) is 65.3 Å². The van der Waals surface area contributed by atoms with Crippen molar-refractivity contribution >= 4 is 35.8 Å². The normalized spacial score (nSPS) is 19.9. The van der Waals surface area contributed by atoms with Gasteiger partial charge in [-0.25, -0.2) is 0 Å². The smallest absolute Gasteiger partial charge is 0.287 e. The van der Waals surface area contributed by atoms with Crippen molar-refractivity contribution in [3.63, 3.8) is 0 Å². The van der Waals surface area contributed by atoms with Crippen LogP contribution in [0.2, 0.25) is 0 Å². The van der Waals surface area contributed by atoms with Gasteiger partial charge in [-0.3, -0.25) is 9.79 Å². The Bertz CT molecular complexity index is 588. The zero-order valence-corrected chi connectivity index (χ0v) is 19.2. The van der Waals surface area contributed by atoms with Crippen LogP contribution >= 0.6 is 24.0 Å². The van der Waals surface area contributed by atoms with Crippen molar-refractivity contribution in [3.8, 4) is 0 Å². The quantitative estimate of drug-likeness (QED) is 0.224. The van der Waals surface area contributed by atoms with Crippen LogP contribution < -0.4 is 16.0 Å². The topological polar surface area (TPSA) is 78.7 Å². The van der Waals surface area contributed by atoms with E-state index in [0.29, 0.717) is 24.9 Å². The molecule has 1 amide bonds. The number of nitrogens with one attached hydrogen (secondary N) is 3. The zero-order valence-electron chi connectivity index (χ0n) is 16.8. The van der Waals surface area contributed by atoms with Gasteiger partial charge in [0.05, 0.1) is 6.26 Å². The first-order valence-corrected chi connectivity index (χ1v) is 10.0. The predicted octanol–water partition coefficient (Wildman–Crippen LogP) is 3.85. The van der Waals surface area contributed by atoms with Crippen molar-refractivity contribution in [3.05, 3.63) is 23.7 Å². The van der Waals surface area contributed by atoms with Gasteiger partial charge in [0, 0.05) is 31.2 Å². The third-order valence-corrected chi connectivity index (χ3v) is 5.00. The van der Waals surface area contributed by atoms with E-state index < -0.39 is 0 Å². The number of furan rings is 1. The van der Waals surface area contributed by atoms with E-state index in [-0.39, 0.29) is 29.9 Å². The monoisotopic (exact) mass is 490 g/mol. The van der Waals surface area contributed by atoms with Crippen LogP contribution in [0.25, 0.3) is 0 Å².